The highest BCUT2D eigenvalue weighted by Crippen LogP contribution is 2.29. The summed E-state index contributed by atoms with van der Waals surface area (Å²) in [4.78, 5) is 13.6. The van der Waals surface area contributed by atoms with Crippen molar-refractivity contribution in [3.05, 3.63) is 30.9 Å². The van der Waals surface area contributed by atoms with Crippen LogP contribution >= 0.6 is 0 Å². The van der Waals surface area contributed by atoms with Gasteiger partial charge < -0.3 is 15.4 Å². The van der Waals surface area contributed by atoms with Crippen LogP contribution in [0.5, 0.6) is 0 Å². The van der Waals surface area contributed by atoms with Gasteiger partial charge in [-0.3, -0.25) is 9.67 Å². The number of rotatable bonds is 5. The third kappa shape index (κ3) is 3.99. The molecule has 158 valence electrons. The van der Waals surface area contributed by atoms with Crippen LogP contribution in [-0.4, -0.2) is 63.2 Å². The van der Waals surface area contributed by atoms with Gasteiger partial charge in [0.05, 0.1) is 30.0 Å². The van der Waals surface area contributed by atoms with E-state index in [-0.39, 0.29) is 6.54 Å². The molecule has 9 heteroatoms. The van der Waals surface area contributed by atoms with E-state index >= 15 is 4.39 Å². The standard InChI is InChI=1S/C21H26FN7O/c22-21(4-1-5-23-13-21)14-26-20-19-18(24-6-7-25-19)10-17(28-20)15-11-27-29(12-15)16-2-8-30-9-3-16/h6-7,10-12,16,23H,1-5,8-9,13-14H2,(H,26,28). The zero-order valence-electron chi connectivity index (χ0n) is 16.9. The largest absolute Gasteiger partial charge is 0.381 e. The summed E-state index contributed by atoms with van der Waals surface area (Å²) in [6.45, 7) is 2.92. The van der Waals surface area contributed by atoms with Gasteiger partial charge in [-0.15, -0.1) is 0 Å². The highest BCUT2D eigenvalue weighted by atomic mass is 19.1. The van der Waals surface area contributed by atoms with Gasteiger partial charge in [-0.05, 0) is 38.3 Å². The molecular formula is C21H26FN7O. The van der Waals surface area contributed by atoms with Crippen LogP contribution in [0, 0.1) is 0 Å². The van der Waals surface area contributed by atoms with Crippen LogP contribution in [-0.2, 0) is 4.74 Å². The molecule has 3 aromatic heterocycles. The molecule has 5 rings (SSSR count). The Kier molecular flexibility index (Phi) is 5.30. The molecule has 0 aromatic carbocycles. The number of nitrogens with one attached hydrogen (secondary N) is 2. The molecule has 8 nitrogen and oxygen atoms in total. The number of aromatic nitrogens is 5. The summed E-state index contributed by atoms with van der Waals surface area (Å²) >= 11 is 0. The number of alkyl halides is 1. The minimum absolute atomic E-state index is 0.184. The number of fused-ring (bicyclic) bond motifs is 1. The Hall–Kier alpha value is -2.65. The lowest BCUT2D eigenvalue weighted by Gasteiger charge is -2.30. The van der Waals surface area contributed by atoms with E-state index in [1.54, 1.807) is 12.4 Å². The van der Waals surface area contributed by atoms with E-state index in [9.17, 15) is 0 Å². The van der Waals surface area contributed by atoms with Gasteiger partial charge in [0.1, 0.15) is 11.2 Å². The zero-order chi connectivity index (χ0) is 20.4. The Bertz CT molecular complexity index is 1010. The Morgan fingerprint density at radius 3 is 2.97 bits per heavy atom. The quantitative estimate of drug-likeness (QED) is 0.667. The predicted molar refractivity (Wildman–Crippen MR) is 112 cm³/mol. The predicted octanol–water partition coefficient (Wildman–Crippen LogP) is 2.74. The molecule has 2 aliphatic heterocycles. The van der Waals surface area contributed by atoms with Crippen molar-refractivity contribution < 1.29 is 9.13 Å². The van der Waals surface area contributed by atoms with Crippen LogP contribution in [0.25, 0.3) is 22.3 Å². The van der Waals surface area contributed by atoms with Crippen molar-refractivity contribution in [2.45, 2.75) is 37.4 Å². The highest BCUT2D eigenvalue weighted by molar-refractivity contribution is 5.88. The van der Waals surface area contributed by atoms with Crippen molar-refractivity contribution >= 4 is 16.9 Å². The summed E-state index contributed by atoms with van der Waals surface area (Å²) in [5.74, 6) is 0.553. The second kappa shape index (κ2) is 8.23. The molecule has 30 heavy (non-hydrogen) atoms. The lowest BCUT2D eigenvalue weighted by Crippen LogP contribution is -2.46. The third-order valence-electron chi connectivity index (χ3n) is 5.91. The monoisotopic (exact) mass is 411 g/mol. The van der Waals surface area contributed by atoms with Gasteiger partial charge in [-0.25, -0.2) is 14.4 Å². The molecule has 2 N–H and O–H groups in total. The van der Waals surface area contributed by atoms with Crippen LogP contribution in [0.4, 0.5) is 10.2 Å². The Morgan fingerprint density at radius 1 is 1.27 bits per heavy atom. The number of anilines is 1. The van der Waals surface area contributed by atoms with Gasteiger partial charge in [0.15, 0.2) is 5.82 Å². The van der Waals surface area contributed by atoms with Crippen LogP contribution in [0.3, 0.4) is 0 Å². The smallest absolute Gasteiger partial charge is 0.155 e. The molecule has 2 aliphatic rings. The van der Waals surface area contributed by atoms with E-state index in [1.807, 2.05) is 23.1 Å². The maximum atomic E-state index is 15.1. The third-order valence-corrected chi connectivity index (χ3v) is 5.91. The number of halogens is 1. The number of hydrogen-bond acceptors (Lipinski definition) is 7. The molecule has 0 saturated carbocycles. The topological polar surface area (TPSA) is 89.8 Å². The first-order valence-corrected chi connectivity index (χ1v) is 10.6. The summed E-state index contributed by atoms with van der Waals surface area (Å²) in [6, 6.07) is 2.25. The number of nitrogens with zero attached hydrogens (tertiary/aromatic N) is 5. The molecule has 0 bridgehead atoms. The molecule has 2 saturated heterocycles. The normalized spacial score (nSPS) is 23.0. The molecule has 5 heterocycles. The lowest BCUT2D eigenvalue weighted by molar-refractivity contribution is 0.0662. The van der Waals surface area contributed by atoms with Crippen molar-refractivity contribution in [1.29, 1.82) is 0 Å². The second-order valence-corrected chi connectivity index (χ2v) is 8.12. The fourth-order valence-electron chi connectivity index (χ4n) is 4.19. The average Bonchev–Trinajstić information content (AvgIpc) is 3.29. The van der Waals surface area contributed by atoms with Crippen molar-refractivity contribution in [1.82, 2.24) is 30.0 Å². The van der Waals surface area contributed by atoms with E-state index in [0.717, 1.165) is 55.8 Å². The number of piperidine rings is 1. The van der Waals surface area contributed by atoms with Gasteiger partial charge in [0, 0.05) is 43.9 Å². The second-order valence-electron chi connectivity index (χ2n) is 8.12. The van der Waals surface area contributed by atoms with Crippen LogP contribution in [0.2, 0.25) is 0 Å². The number of pyridine rings is 1. The highest BCUT2D eigenvalue weighted by Gasteiger charge is 2.31. The molecule has 0 aliphatic carbocycles. The lowest BCUT2D eigenvalue weighted by atomic mass is 9.96. The van der Waals surface area contributed by atoms with E-state index in [0.29, 0.717) is 30.3 Å². The van der Waals surface area contributed by atoms with Gasteiger partial charge in [0.25, 0.3) is 0 Å². The maximum absolute atomic E-state index is 15.1. The summed E-state index contributed by atoms with van der Waals surface area (Å²) in [7, 11) is 0. The summed E-state index contributed by atoms with van der Waals surface area (Å²) in [5, 5.41) is 10.9. The minimum Gasteiger partial charge on any atom is -0.381 e. The van der Waals surface area contributed by atoms with Gasteiger partial charge >= 0.3 is 0 Å². The Balaban J connectivity index is 1.44. The fraction of sp³-hybridized carbons (Fsp3) is 0.524. The molecule has 2 fully saturated rings. The van der Waals surface area contributed by atoms with E-state index in [1.165, 1.54) is 0 Å². The van der Waals surface area contributed by atoms with Gasteiger partial charge in [-0.2, -0.15) is 5.10 Å². The minimum atomic E-state index is -1.29. The summed E-state index contributed by atoms with van der Waals surface area (Å²) < 4.78 is 22.5. The van der Waals surface area contributed by atoms with Crippen molar-refractivity contribution in [3.8, 4) is 11.3 Å². The Labute approximate surface area is 174 Å². The van der Waals surface area contributed by atoms with Crippen LogP contribution in [0.1, 0.15) is 31.7 Å². The summed E-state index contributed by atoms with van der Waals surface area (Å²) in [5.41, 5.74) is 1.73. The van der Waals surface area contributed by atoms with Crippen molar-refractivity contribution in [3.63, 3.8) is 0 Å². The molecule has 0 amide bonds. The fourth-order valence-corrected chi connectivity index (χ4v) is 4.19. The van der Waals surface area contributed by atoms with E-state index < -0.39 is 5.67 Å². The van der Waals surface area contributed by atoms with Crippen molar-refractivity contribution in [2.24, 2.45) is 0 Å². The first-order chi connectivity index (χ1) is 14.7. The SMILES string of the molecule is FC1(CNc2nc(-c3cnn(C4CCOCC4)c3)cc3nccnc23)CCCNC1. The van der Waals surface area contributed by atoms with Crippen LogP contribution in [0.15, 0.2) is 30.9 Å². The molecule has 0 spiro atoms. The molecule has 1 atom stereocenters. The zero-order valence-corrected chi connectivity index (χ0v) is 16.9. The van der Waals surface area contributed by atoms with E-state index in [4.69, 9.17) is 9.72 Å². The summed E-state index contributed by atoms with van der Waals surface area (Å²) in [6.07, 6.45) is 10.4. The van der Waals surface area contributed by atoms with E-state index in [2.05, 4.69) is 25.7 Å². The molecule has 0 radical (unpaired) electrons. The van der Waals surface area contributed by atoms with Gasteiger partial charge in [0.2, 0.25) is 0 Å². The van der Waals surface area contributed by atoms with Gasteiger partial charge in [-0.1, -0.05) is 0 Å². The van der Waals surface area contributed by atoms with Crippen molar-refractivity contribution in [2.75, 3.05) is 38.2 Å². The molecule has 1 unspecified atom stereocenters. The first kappa shape index (κ1) is 19.3. The Morgan fingerprint density at radius 2 is 2.13 bits per heavy atom. The number of ether oxygens (including phenoxy) is 1. The number of hydrogen-bond donors (Lipinski definition) is 2. The maximum Gasteiger partial charge on any atom is 0.155 e. The molecule has 3 aromatic rings. The van der Waals surface area contributed by atoms with Crippen LogP contribution < -0.4 is 10.6 Å². The molecular weight excluding hydrogens is 385 g/mol. The average molecular weight is 411 g/mol. The first-order valence-electron chi connectivity index (χ1n) is 10.6.